The number of benzene rings is 1. The summed E-state index contributed by atoms with van der Waals surface area (Å²) < 4.78 is 11.1. The Bertz CT molecular complexity index is 1020. The van der Waals surface area contributed by atoms with E-state index >= 15 is 0 Å². The molecule has 0 saturated carbocycles. The number of hydrogen-bond donors (Lipinski definition) is 0. The van der Waals surface area contributed by atoms with Crippen molar-refractivity contribution in [1.29, 1.82) is 5.26 Å². The number of rotatable bonds is 9. The van der Waals surface area contributed by atoms with Crippen LogP contribution in [0.2, 0.25) is 0 Å². The fourth-order valence-corrected chi connectivity index (χ4v) is 3.89. The van der Waals surface area contributed by atoms with Gasteiger partial charge in [-0.2, -0.15) is 5.26 Å². The first-order valence-electron chi connectivity index (χ1n) is 11.4. The van der Waals surface area contributed by atoms with Crippen LogP contribution >= 0.6 is 0 Å². The minimum absolute atomic E-state index is 0.0639. The number of pyridine rings is 1. The summed E-state index contributed by atoms with van der Waals surface area (Å²) >= 11 is 0. The van der Waals surface area contributed by atoms with E-state index < -0.39 is 11.9 Å². The van der Waals surface area contributed by atoms with Crippen molar-refractivity contribution in [2.45, 2.75) is 45.3 Å². The number of nitriles is 1. The molecule has 8 nitrogen and oxygen atoms in total. The van der Waals surface area contributed by atoms with Crippen molar-refractivity contribution in [3.8, 4) is 6.07 Å². The molecule has 0 radical (unpaired) electrons. The summed E-state index contributed by atoms with van der Waals surface area (Å²) in [6, 6.07) is 12.0. The Morgan fingerprint density at radius 1 is 1.09 bits per heavy atom. The maximum Gasteiger partial charge on any atom is 0.332 e. The zero-order valence-electron chi connectivity index (χ0n) is 19.5. The lowest BCUT2D eigenvalue weighted by molar-refractivity contribution is -0.157. The van der Waals surface area contributed by atoms with Crippen LogP contribution in [0.5, 0.6) is 0 Å². The fourth-order valence-electron chi connectivity index (χ4n) is 3.89. The lowest BCUT2D eigenvalue weighted by Gasteiger charge is -2.33. The molecular formula is C26H29N3O5. The third-order valence-electron chi connectivity index (χ3n) is 5.92. The Kier molecular flexibility index (Phi) is 8.88. The van der Waals surface area contributed by atoms with E-state index in [4.69, 9.17) is 14.7 Å². The van der Waals surface area contributed by atoms with Gasteiger partial charge >= 0.3 is 5.97 Å². The van der Waals surface area contributed by atoms with Gasteiger partial charge in [0, 0.05) is 43.4 Å². The highest BCUT2D eigenvalue weighted by molar-refractivity contribution is 5.98. The van der Waals surface area contributed by atoms with Gasteiger partial charge < -0.3 is 14.4 Å². The van der Waals surface area contributed by atoms with Gasteiger partial charge in [-0.15, -0.1) is 0 Å². The molecule has 2 atom stereocenters. The lowest BCUT2D eigenvalue weighted by Crippen LogP contribution is -2.43. The molecular weight excluding hydrogens is 434 g/mol. The van der Waals surface area contributed by atoms with Crippen LogP contribution in [-0.4, -0.2) is 53.3 Å². The van der Waals surface area contributed by atoms with Gasteiger partial charge in [-0.3, -0.25) is 14.6 Å². The maximum absolute atomic E-state index is 12.8. The second-order valence-corrected chi connectivity index (χ2v) is 8.47. The molecule has 1 amide bonds. The Balaban J connectivity index is 1.38. The molecule has 2 heterocycles. The first kappa shape index (κ1) is 25.1. The van der Waals surface area contributed by atoms with Crippen molar-refractivity contribution in [2.75, 3.05) is 19.7 Å². The molecule has 1 saturated heterocycles. The van der Waals surface area contributed by atoms with Crippen LogP contribution in [0.1, 0.15) is 60.7 Å². The summed E-state index contributed by atoms with van der Waals surface area (Å²) in [6.45, 7) is 4.45. The van der Waals surface area contributed by atoms with Gasteiger partial charge in [-0.25, -0.2) is 4.79 Å². The quantitative estimate of drug-likeness (QED) is 0.414. The van der Waals surface area contributed by atoms with E-state index in [0.717, 1.165) is 5.56 Å². The zero-order valence-corrected chi connectivity index (χ0v) is 19.5. The minimum atomic E-state index is -0.440. The molecule has 8 heteroatoms. The number of ether oxygens (including phenoxy) is 2. The molecule has 178 valence electrons. The number of likely N-dealkylation sites (tertiary alicyclic amines) is 1. The van der Waals surface area contributed by atoms with Crippen LogP contribution in [0.3, 0.4) is 0 Å². The third-order valence-corrected chi connectivity index (χ3v) is 5.92. The SMILES string of the molecule is C[C@H](CC(=O)c1ccc(C#N)cc1)C(=O)N1CCC(OCC(=O)O[C@H](C)c2ccncc2)CC1. The number of carbonyl (C=O) groups excluding carboxylic acids is 3. The summed E-state index contributed by atoms with van der Waals surface area (Å²) in [6.07, 6.45) is 4.15. The number of aromatic nitrogens is 1. The van der Waals surface area contributed by atoms with Crippen molar-refractivity contribution < 1.29 is 23.9 Å². The number of amides is 1. The average Bonchev–Trinajstić information content (AvgIpc) is 2.87. The third kappa shape index (κ3) is 6.96. The van der Waals surface area contributed by atoms with E-state index in [1.165, 1.54) is 0 Å². The normalized spacial score (nSPS) is 15.7. The molecule has 0 N–H and O–H groups in total. The largest absolute Gasteiger partial charge is 0.456 e. The molecule has 1 aliphatic rings. The topological polar surface area (TPSA) is 110 Å². The van der Waals surface area contributed by atoms with Gasteiger partial charge in [-0.05, 0) is 49.6 Å². The number of piperidine rings is 1. The summed E-state index contributed by atoms with van der Waals surface area (Å²) in [5.41, 5.74) is 1.85. The number of Topliss-reactive ketones (excluding diaryl/α,β-unsaturated/α-hetero) is 1. The summed E-state index contributed by atoms with van der Waals surface area (Å²) in [7, 11) is 0. The van der Waals surface area contributed by atoms with E-state index in [-0.39, 0.29) is 36.9 Å². The Morgan fingerprint density at radius 2 is 1.74 bits per heavy atom. The molecule has 1 aliphatic heterocycles. The molecule has 34 heavy (non-hydrogen) atoms. The van der Waals surface area contributed by atoms with Gasteiger partial charge in [0.05, 0.1) is 17.7 Å². The van der Waals surface area contributed by atoms with E-state index in [1.54, 1.807) is 67.5 Å². The van der Waals surface area contributed by atoms with Crippen molar-refractivity contribution in [2.24, 2.45) is 5.92 Å². The van der Waals surface area contributed by atoms with Gasteiger partial charge in [0.1, 0.15) is 12.7 Å². The fraction of sp³-hybridized carbons (Fsp3) is 0.423. The second kappa shape index (κ2) is 12.1. The Morgan fingerprint density at radius 3 is 2.35 bits per heavy atom. The summed E-state index contributed by atoms with van der Waals surface area (Å²) in [4.78, 5) is 43.1. The number of esters is 1. The van der Waals surface area contributed by atoms with Crippen LogP contribution in [0.15, 0.2) is 48.8 Å². The monoisotopic (exact) mass is 463 g/mol. The number of hydrogen-bond acceptors (Lipinski definition) is 7. The first-order chi connectivity index (χ1) is 16.4. The van der Waals surface area contributed by atoms with Gasteiger partial charge in [0.2, 0.25) is 5.91 Å². The highest BCUT2D eigenvalue weighted by Crippen LogP contribution is 2.20. The second-order valence-electron chi connectivity index (χ2n) is 8.47. The van der Waals surface area contributed by atoms with E-state index in [2.05, 4.69) is 4.98 Å². The van der Waals surface area contributed by atoms with Gasteiger partial charge in [0.15, 0.2) is 5.78 Å². The highest BCUT2D eigenvalue weighted by atomic mass is 16.6. The standard InChI is InChI=1S/C26H29N3O5/c1-18(15-24(30)22-5-3-20(16-27)4-6-22)26(32)29-13-9-23(10-14-29)33-17-25(31)34-19(2)21-7-11-28-12-8-21/h3-8,11-12,18-19,23H,9-10,13-15,17H2,1-2H3/t18-,19-/m1/s1. The molecule has 0 unspecified atom stereocenters. The molecule has 0 spiro atoms. The average molecular weight is 464 g/mol. The molecule has 0 bridgehead atoms. The van der Waals surface area contributed by atoms with Crippen LogP contribution in [-0.2, 0) is 19.1 Å². The number of nitrogens with zero attached hydrogens (tertiary/aromatic N) is 3. The van der Waals surface area contributed by atoms with Gasteiger partial charge in [0.25, 0.3) is 0 Å². The smallest absolute Gasteiger partial charge is 0.332 e. The molecule has 3 rings (SSSR count). The van der Waals surface area contributed by atoms with Crippen molar-refractivity contribution in [3.05, 3.63) is 65.5 Å². The Labute approximate surface area is 199 Å². The molecule has 0 aliphatic carbocycles. The maximum atomic E-state index is 12.8. The van der Waals surface area contributed by atoms with Crippen molar-refractivity contribution in [3.63, 3.8) is 0 Å². The molecule has 1 aromatic heterocycles. The number of ketones is 1. The highest BCUT2D eigenvalue weighted by Gasteiger charge is 2.28. The van der Waals surface area contributed by atoms with Crippen LogP contribution in [0.25, 0.3) is 0 Å². The van der Waals surface area contributed by atoms with Crippen molar-refractivity contribution >= 4 is 17.7 Å². The lowest BCUT2D eigenvalue weighted by atomic mass is 9.97. The molecule has 2 aromatic rings. The van der Waals surface area contributed by atoms with Crippen LogP contribution in [0.4, 0.5) is 0 Å². The molecule has 1 fully saturated rings. The van der Waals surface area contributed by atoms with E-state index in [9.17, 15) is 14.4 Å². The van der Waals surface area contributed by atoms with Crippen molar-refractivity contribution in [1.82, 2.24) is 9.88 Å². The molecule has 1 aromatic carbocycles. The number of carbonyl (C=O) groups is 3. The van der Waals surface area contributed by atoms with E-state index in [1.807, 2.05) is 6.07 Å². The van der Waals surface area contributed by atoms with Crippen LogP contribution in [0, 0.1) is 17.2 Å². The minimum Gasteiger partial charge on any atom is -0.456 e. The zero-order chi connectivity index (χ0) is 24.5. The van der Waals surface area contributed by atoms with E-state index in [0.29, 0.717) is 37.1 Å². The van der Waals surface area contributed by atoms with Gasteiger partial charge in [-0.1, -0.05) is 19.1 Å². The predicted molar refractivity (Wildman–Crippen MR) is 124 cm³/mol. The predicted octanol–water partition coefficient (Wildman–Crippen LogP) is 3.47. The summed E-state index contributed by atoms with van der Waals surface area (Å²) in [5, 5.41) is 8.87. The summed E-state index contributed by atoms with van der Waals surface area (Å²) in [5.74, 6) is -1.06. The first-order valence-corrected chi connectivity index (χ1v) is 11.4. The van der Waals surface area contributed by atoms with Crippen LogP contribution < -0.4 is 0 Å². The Hall–Kier alpha value is -3.57.